The normalized spacial score (nSPS) is 11.0. The van der Waals surface area contributed by atoms with Gasteiger partial charge in [-0.2, -0.15) is 4.98 Å². The molecule has 2 amide bonds. The van der Waals surface area contributed by atoms with Crippen LogP contribution in [-0.4, -0.2) is 44.7 Å². The van der Waals surface area contributed by atoms with E-state index in [0.29, 0.717) is 5.82 Å². The lowest BCUT2D eigenvalue weighted by atomic mass is 10.1. The van der Waals surface area contributed by atoms with E-state index in [1.807, 2.05) is 0 Å². The molecule has 8 heteroatoms. The van der Waals surface area contributed by atoms with E-state index >= 15 is 0 Å². The van der Waals surface area contributed by atoms with Crippen molar-refractivity contribution < 1.29 is 19.2 Å². The smallest absolute Gasteiger partial charge is 0.329 e. The van der Waals surface area contributed by atoms with Gasteiger partial charge in [0.15, 0.2) is 5.82 Å². The highest BCUT2D eigenvalue weighted by Crippen LogP contribution is 2.12. The molecule has 1 aromatic rings. The Hall–Kier alpha value is -2.12. The zero-order valence-corrected chi connectivity index (χ0v) is 9.80. The third-order valence-electron chi connectivity index (χ3n) is 2.47. The molecule has 0 aliphatic rings. The highest BCUT2D eigenvalue weighted by atomic mass is 16.5. The summed E-state index contributed by atoms with van der Waals surface area (Å²) in [6.07, 6.45) is 1.15. The van der Waals surface area contributed by atoms with Gasteiger partial charge in [-0.15, -0.1) is 0 Å². The van der Waals surface area contributed by atoms with Gasteiger partial charge in [0.25, 0.3) is 0 Å². The van der Waals surface area contributed by atoms with Gasteiger partial charge in [0.05, 0.1) is 6.54 Å². The van der Waals surface area contributed by atoms with E-state index in [1.54, 1.807) is 0 Å². The molecule has 0 aliphatic heterocycles. The van der Waals surface area contributed by atoms with Crippen LogP contribution in [0.1, 0.15) is 19.7 Å². The van der Waals surface area contributed by atoms with E-state index in [4.69, 9.17) is 5.11 Å². The lowest BCUT2D eigenvalue weighted by molar-refractivity contribution is -0.146. The molecule has 0 spiro atoms. The van der Waals surface area contributed by atoms with Crippen molar-refractivity contribution in [2.24, 2.45) is 0 Å². The van der Waals surface area contributed by atoms with Crippen molar-refractivity contribution >= 4 is 12.0 Å². The summed E-state index contributed by atoms with van der Waals surface area (Å²) in [6.45, 7) is 2.95. The third-order valence-corrected chi connectivity index (χ3v) is 2.47. The van der Waals surface area contributed by atoms with Crippen LogP contribution in [0.4, 0.5) is 4.79 Å². The van der Waals surface area contributed by atoms with Crippen LogP contribution in [0.3, 0.4) is 0 Å². The molecule has 0 bridgehead atoms. The first-order valence-electron chi connectivity index (χ1n) is 4.86. The van der Waals surface area contributed by atoms with E-state index in [-0.39, 0.29) is 6.54 Å². The number of aromatic nitrogens is 2. The van der Waals surface area contributed by atoms with Crippen LogP contribution in [0.25, 0.3) is 0 Å². The first kappa shape index (κ1) is 12.9. The topological polar surface area (TPSA) is 109 Å². The lowest BCUT2D eigenvalue weighted by Gasteiger charge is -2.31. The summed E-state index contributed by atoms with van der Waals surface area (Å²) in [7, 11) is 1.40. The molecule has 1 aromatic heterocycles. The number of aliphatic carboxylic acids is 1. The molecule has 0 saturated heterocycles. The van der Waals surface area contributed by atoms with Gasteiger partial charge in [0.1, 0.15) is 5.54 Å². The van der Waals surface area contributed by atoms with Gasteiger partial charge in [-0.05, 0) is 13.8 Å². The van der Waals surface area contributed by atoms with Gasteiger partial charge >= 0.3 is 12.0 Å². The zero-order chi connectivity index (χ0) is 13.1. The Balaban J connectivity index is 2.56. The van der Waals surface area contributed by atoms with Crippen LogP contribution < -0.4 is 5.32 Å². The molecule has 1 heterocycles. The number of likely N-dealkylation sites (N-methyl/N-ethyl adjacent to an activating group) is 1. The molecule has 0 saturated carbocycles. The fourth-order valence-electron chi connectivity index (χ4n) is 0.941. The minimum absolute atomic E-state index is 0.0787. The fraction of sp³-hybridized carbons (Fsp3) is 0.556. The summed E-state index contributed by atoms with van der Waals surface area (Å²) in [5.74, 6) is -0.769. The Bertz CT molecular complexity index is 401. The van der Waals surface area contributed by atoms with Crippen LogP contribution in [0.15, 0.2) is 10.9 Å². The standard InChI is InChI=1S/C9H14N4O4/c1-9(2,7(14)15)13(3)8(16)10-4-6-11-5-17-12-6/h5H,4H2,1-3H3,(H,10,16)(H,14,15). The van der Waals surface area contributed by atoms with Crippen LogP contribution in [0.5, 0.6) is 0 Å². The second kappa shape index (κ2) is 4.81. The van der Waals surface area contributed by atoms with E-state index < -0.39 is 17.5 Å². The maximum Gasteiger partial charge on any atom is 0.329 e. The van der Waals surface area contributed by atoms with Crippen molar-refractivity contribution in [1.29, 1.82) is 0 Å². The Morgan fingerprint density at radius 3 is 2.71 bits per heavy atom. The Morgan fingerprint density at radius 1 is 1.59 bits per heavy atom. The van der Waals surface area contributed by atoms with Crippen LogP contribution in [0.2, 0.25) is 0 Å². The van der Waals surface area contributed by atoms with Crippen molar-refractivity contribution in [2.75, 3.05) is 7.05 Å². The van der Waals surface area contributed by atoms with Crippen LogP contribution in [-0.2, 0) is 11.3 Å². The number of carboxylic acids is 1. The molecule has 0 radical (unpaired) electrons. The second-order valence-electron chi connectivity index (χ2n) is 3.93. The maximum absolute atomic E-state index is 11.7. The quantitative estimate of drug-likeness (QED) is 0.773. The van der Waals surface area contributed by atoms with Gasteiger partial charge in [0, 0.05) is 7.05 Å². The van der Waals surface area contributed by atoms with Gasteiger partial charge in [-0.1, -0.05) is 5.16 Å². The number of nitrogens with zero attached hydrogens (tertiary/aromatic N) is 3. The van der Waals surface area contributed by atoms with E-state index in [9.17, 15) is 9.59 Å². The monoisotopic (exact) mass is 242 g/mol. The maximum atomic E-state index is 11.7. The van der Waals surface area contributed by atoms with Crippen LogP contribution in [0, 0.1) is 0 Å². The molecule has 1 rings (SSSR count). The molecule has 0 fully saturated rings. The zero-order valence-electron chi connectivity index (χ0n) is 9.80. The number of urea groups is 1. The fourth-order valence-corrected chi connectivity index (χ4v) is 0.941. The predicted molar refractivity (Wildman–Crippen MR) is 56.0 cm³/mol. The van der Waals surface area contributed by atoms with Gasteiger partial charge in [-0.25, -0.2) is 9.59 Å². The average molecular weight is 242 g/mol. The number of hydrogen-bond acceptors (Lipinski definition) is 5. The Morgan fingerprint density at radius 2 is 2.24 bits per heavy atom. The number of rotatable bonds is 4. The second-order valence-corrected chi connectivity index (χ2v) is 3.93. The number of carboxylic acid groups (broad SMARTS) is 1. The number of amides is 2. The average Bonchev–Trinajstić information content (AvgIpc) is 2.77. The summed E-state index contributed by atoms with van der Waals surface area (Å²) in [5, 5.41) is 14.9. The number of carbonyl (C=O) groups is 2. The minimum Gasteiger partial charge on any atom is -0.480 e. The highest BCUT2D eigenvalue weighted by Gasteiger charge is 2.35. The van der Waals surface area contributed by atoms with Crippen molar-refractivity contribution in [3.8, 4) is 0 Å². The predicted octanol–water partition coefficient (Wildman–Crippen LogP) is 0.0742. The largest absolute Gasteiger partial charge is 0.480 e. The summed E-state index contributed by atoms with van der Waals surface area (Å²) in [4.78, 5) is 27.4. The van der Waals surface area contributed by atoms with Gasteiger partial charge in [0.2, 0.25) is 6.39 Å². The number of nitrogens with one attached hydrogen (secondary N) is 1. The van der Waals surface area contributed by atoms with Crippen molar-refractivity contribution in [1.82, 2.24) is 20.4 Å². The van der Waals surface area contributed by atoms with E-state index in [0.717, 1.165) is 11.3 Å². The molecule has 17 heavy (non-hydrogen) atoms. The lowest BCUT2D eigenvalue weighted by Crippen LogP contribution is -2.53. The first-order valence-corrected chi connectivity index (χ1v) is 4.86. The van der Waals surface area contributed by atoms with E-state index in [1.165, 1.54) is 20.9 Å². The molecule has 2 N–H and O–H groups in total. The summed E-state index contributed by atoms with van der Waals surface area (Å²) in [6, 6.07) is -0.526. The Labute approximate surface area is 97.6 Å². The first-order chi connectivity index (χ1) is 7.85. The minimum atomic E-state index is -1.29. The molecule has 8 nitrogen and oxygen atoms in total. The highest BCUT2D eigenvalue weighted by molar-refractivity contribution is 5.85. The SMILES string of the molecule is CN(C(=O)NCc1ncon1)C(C)(C)C(=O)O. The molecule has 0 aliphatic carbocycles. The summed E-state index contributed by atoms with van der Waals surface area (Å²) in [5.41, 5.74) is -1.29. The molecule has 0 atom stereocenters. The Kier molecular flexibility index (Phi) is 3.66. The van der Waals surface area contributed by atoms with Crippen LogP contribution >= 0.6 is 0 Å². The molecular formula is C9H14N4O4. The third kappa shape index (κ3) is 2.92. The molecular weight excluding hydrogens is 228 g/mol. The molecule has 94 valence electrons. The number of hydrogen-bond donors (Lipinski definition) is 2. The molecule has 0 unspecified atom stereocenters. The van der Waals surface area contributed by atoms with E-state index in [2.05, 4.69) is 20.0 Å². The van der Waals surface area contributed by atoms with Gasteiger partial charge in [-0.3, -0.25) is 0 Å². The van der Waals surface area contributed by atoms with Crippen molar-refractivity contribution in [3.05, 3.63) is 12.2 Å². The molecule has 0 aromatic carbocycles. The van der Waals surface area contributed by atoms with Crippen molar-refractivity contribution in [3.63, 3.8) is 0 Å². The summed E-state index contributed by atoms with van der Waals surface area (Å²) >= 11 is 0. The number of carbonyl (C=O) groups excluding carboxylic acids is 1. The van der Waals surface area contributed by atoms with Gasteiger partial charge < -0.3 is 19.8 Å². The summed E-state index contributed by atoms with van der Waals surface area (Å²) < 4.78 is 4.49. The van der Waals surface area contributed by atoms with Crippen molar-refractivity contribution in [2.45, 2.75) is 25.9 Å².